The van der Waals surface area contributed by atoms with Crippen molar-refractivity contribution in [3.05, 3.63) is 0 Å². The van der Waals surface area contributed by atoms with Gasteiger partial charge in [-0.3, -0.25) is 0 Å². The quantitative estimate of drug-likeness (QED) is 0.619. The van der Waals surface area contributed by atoms with Crippen LogP contribution in [0.4, 0.5) is 0 Å². The van der Waals surface area contributed by atoms with Crippen LogP contribution in [0.1, 0.15) is 25.7 Å². The van der Waals surface area contributed by atoms with Gasteiger partial charge in [-0.25, -0.2) is 0 Å². The standard InChI is InChI=1S/C8H17NO2/c9-5-7(10)6-11-8-3-1-2-4-8/h7-8,10H,1-6,9H2/t7-/m0/s1. The maximum Gasteiger partial charge on any atom is 0.0895 e. The van der Waals surface area contributed by atoms with Gasteiger partial charge in [0.15, 0.2) is 0 Å². The first-order chi connectivity index (χ1) is 5.33. The third-order valence-corrected chi connectivity index (χ3v) is 2.10. The molecular formula is C8H17NO2. The second kappa shape index (κ2) is 4.70. The van der Waals surface area contributed by atoms with Crippen LogP contribution >= 0.6 is 0 Å². The Morgan fingerprint density at radius 2 is 2.09 bits per heavy atom. The fourth-order valence-electron chi connectivity index (χ4n) is 1.37. The third-order valence-electron chi connectivity index (χ3n) is 2.10. The molecule has 0 bridgehead atoms. The molecule has 1 atom stereocenters. The predicted octanol–water partition coefficient (Wildman–Crippen LogP) is 0.265. The van der Waals surface area contributed by atoms with Gasteiger partial charge >= 0.3 is 0 Å². The van der Waals surface area contributed by atoms with E-state index >= 15 is 0 Å². The summed E-state index contributed by atoms with van der Waals surface area (Å²) in [4.78, 5) is 0. The third kappa shape index (κ3) is 3.18. The Morgan fingerprint density at radius 1 is 1.45 bits per heavy atom. The highest BCUT2D eigenvalue weighted by atomic mass is 16.5. The van der Waals surface area contributed by atoms with Gasteiger partial charge < -0.3 is 15.6 Å². The molecule has 1 rings (SSSR count). The Kier molecular flexibility index (Phi) is 3.83. The fourth-order valence-corrected chi connectivity index (χ4v) is 1.37. The molecule has 66 valence electrons. The molecule has 3 N–H and O–H groups in total. The normalized spacial score (nSPS) is 22.4. The molecule has 11 heavy (non-hydrogen) atoms. The van der Waals surface area contributed by atoms with Crippen LogP contribution in [-0.2, 0) is 4.74 Å². The van der Waals surface area contributed by atoms with Crippen molar-refractivity contribution in [1.29, 1.82) is 0 Å². The summed E-state index contributed by atoms with van der Waals surface area (Å²) in [6.45, 7) is 0.702. The fraction of sp³-hybridized carbons (Fsp3) is 1.00. The Hall–Kier alpha value is -0.120. The second-order valence-corrected chi connectivity index (χ2v) is 3.13. The monoisotopic (exact) mass is 159 g/mol. The molecule has 0 aromatic rings. The van der Waals surface area contributed by atoms with Gasteiger partial charge in [0.2, 0.25) is 0 Å². The molecule has 0 amide bonds. The van der Waals surface area contributed by atoms with Crippen LogP contribution in [0.25, 0.3) is 0 Å². The van der Waals surface area contributed by atoms with Gasteiger partial charge in [-0.05, 0) is 12.8 Å². The molecule has 0 unspecified atom stereocenters. The van der Waals surface area contributed by atoms with Crippen molar-refractivity contribution in [3.8, 4) is 0 Å². The summed E-state index contributed by atoms with van der Waals surface area (Å²) in [7, 11) is 0. The van der Waals surface area contributed by atoms with E-state index in [-0.39, 0.29) is 0 Å². The molecule has 1 aliphatic carbocycles. The van der Waals surface area contributed by atoms with Crippen molar-refractivity contribution in [2.75, 3.05) is 13.2 Å². The Bertz CT molecular complexity index is 102. The first-order valence-corrected chi connectivity index (χ1v) is 4.32. The highest BCUT2D eigenvalue weighted by Crippen LogP contribution is 2.20. The first-order valence-electron chi connectivity index (χ1n) is 4.32. The zero-order valence-corrected chi connectivity index (χ0v) is 6.83. The summed E-state index contributed by atoms with van der Waals surface area (Å²) in [6, 6.07) is 0. The molecule has 0 aliphatic heterocycles. The number of hydrogen-bond acceptors (Lipinski definition) is 3. The Morgan fingerprint density at radius 3 is 2.64 bits per heavy atom. The summed E-state index contributed by atoms with van der Waals surface area (Å²) in [5, 5.41) is 9.07. The lowest BCUT2D eigenvalue weighted by Gasteiger charge is -2.13. The maximum absolute atomic E-state index is 9.07. The van der Waals surface area contributed by atoms with E-state index in [4.69, 9.17) is 15.6 Å². The molecule has 0 saturated heterocycles. The van der Waals surface area contributed by atoms with Crippen molar-refractivity contribution in [3.63, 3.8) is 0 Å². The maximum atomic E-state index is 9.07. The van der Waals surface area contributed by atoms with Crippen LogP contribution in [0.3, 0.4) is 0 Å². The molecular weight excluding hydrogens is 142 g/mol. The van der Waals surface area contributed by atoms with Gasteiger partial charge in [-0.15, -0.1) is 0 Å². The minimum atomic E-state index is -0.476. The lowest BCUT2D eigenvalue weighted by atomic mass is 10.3. The highest BCUT2D eigenvalue weighted by Gasteiger charge is 2.16. The zero-order chi connectivity index (χ0) is 8.10. The SMILES string of the molecule is NC[C@H](O)COC1CCCC1. The van der Waals surface area contributed by atoms with E-state index < -0.39 is 6.10 Å². The molecule has 1 saturated carbocycles. The molecule has 1 aliphatic rings. The van der Waals surface area contributed by atoms with Crippen molar-refractivity contribution >= 4 is 0 Å². The predicted molar refractivity (Wildman–Crippen MR) is 43.3 cm³/mol. The molecule has 0 heterocycles. The van der Waals surface area contributed by atoms with Crippen LogP contribution in [0.15, 0.2) is 0 Å². The molecule has 3 nitrogen and oxygen atoms in total. The average molecular weight is 159 g/mol. The molecule has 0 radical (unpaired) electrons. The van der Waals surface area contributed by atoms with Gasteiger partial charge in [-0.1, -0.05) is 12.8 Å². The highest BCUT2D eigenvalue weighted by molar-refractivity contribution is 4.67. The molecule has 0 aromatic heterocycles. The Labute approximate surface area is 67.5 Å². The number of ether oxygens (including phenoxy) is 1. The van der Waals surface area contributed by atoms with E-state index in [1.54, 1.807) is 0 Å². The zero-order valence-electron chi connectivity index (χ0n) is 6.83. The minimum absolute atomic E-state index is 0.298. The van der Waals surface area contributed by atoms with Gasteiger partial charge in [0.1, 0.15) is 0 Å². The van der Waals surface area contributed by atoms with Crippen molar-refractivity contribution < 1.29 is 9.84 Å². The van der Waals surface area contributed by atoms with Crippen LogP contribution in [0, 0.1) is 0 Å². The summed E-state index contributed by atoms with van der Waals surface area (Å²) >= 11 is 0. The summed E-state index contributed by atoms with van der Waals surface area (Å²) in [6.07, 6.45) is 4.74. The van der Waals surface area contributed by atoms with Crippen molar-refractivity contribution in [1.82, 2.24) is 0 Å². The van der Waals surface area contributed by atoms with Gasteiger partial charge in [0, 0.05) is 6.54 Å². The topological polar surface area (TPSA) is 55.5 Å². The summed E-state index contributed by atoms with van der Waals surface area (Å²) in [5.74, 6) is 0. The minimum Gasteiger partial charge on any atom is -0.389 e. The van der Waals surface area contributed by atoms with E-state index in [0.717, 1.165) is 12.8 Å². The number of aliphatic hydroxyl groups is 1. The van der Waals surface area contributed by atoms with Crippen LogP contribution in [0.2, 0.25) is 0 Å². The summed E-state index contributed by atoms with van der Waals surface area (Å²) in [5.41, 5.74) is 5.23. The summed E-state index contributed by atoms with van der Waals surface area (Å²) < 4.78 is 5.43. The molecule has 1 fully saturated rings. The second-order valence-electron chi connectivity index (χ2n) is 3.13. The number of hydrogen-bond donors (Lipinski definition) is 2. The van der Waals surface area contributed by atoms with Crippen LogP contribution in [-0.4, -0.2) is 30.5 Å². The van der Waals surface area contributed by atoms with Crippen LogP contribution in [0.5, 0.6) is 0 Å². The molecule has 0 aromatic carbocycles. The van der Waals surface area contributed by atoms with Crippen molar-refractivity contribution in [2.24, 2.45) is 5.73 Å². The Balaban J connectivity index is 2.01. The van der Waals surface area contributed by atoms with Gasteiger partial charge in [0.25, 0.3) is 0 Å². The number of rotatable bonds is 4. The first kappa shape index (κ1) is 8.97. The van der Waals surface area contributed by atoms with Gasteiger partial charge in [0.05, 0.1) is 18.8 Å². The van der Waals surface area contributed by atoms with Crippen LogP contribution < -0.4 is 5.73 Å². The van der Waals surface area contributed by atoms with Gasteiger partial charge in [-0.2, -0.15) is 0 Å². The number of aliphatic hydroxyl groups excluding tert-OH is 1. The lowest BCUT2D eigenvalue weighted by molar-refractivity contribution is -0.00256. The number of nitrogens with two attached hydrogens (primary N) is 1. The molecule has 0 spiro atoms. The largest absolute Gasteiger partial charge is 0.389 e. The van der Waals surface area contributed by atoms with Crippen molar-refractivity contribution in [2.45, 2.75) is 37.9 Å². The average Bonchev–Trinajstić information content (AvgIpc) is 2.52. The van der Waals surface area contributed by atoms with E-state index in [2.05, 4.69) is 0 Å². The van der Waals surface area contributed by atoms with E-state index in [9.17, 15) is 0 Å². The lowest BCUT2D eigenvalue weighted by Crippen LogP contribution is -2.27. The van der Waals surface area contributed by atoms with E-state index in [1.165, 1.54) is 12.8 Å². The van der Waals surface area contributed by atoms with E-state index in [0.29, 0.717) is 19.3 Å². The molecule has 3 heteroatoms. The van der Waals surface area contributed by atoms with E-state index in [1.807, 2.05) is 0 Å². The smallest absolute Gasteiger partial charge is 0.0895 e.